The maximum absolute atomic E-state index is 15.4. The van der Waals surface area contributed by atoms with Gasteiger partial charge in [-0.2, -0.15) is 0 Å². The Labute approximate surface area is 142 Å². The van der Waals surface area contributed by atoms with Crippen LogP contribution in [0.2, 0.25) is 0 Å². The second kappa shape index (κ2) is 4.88. The quantitative estimate of drug-likeness (QED) is 0.750. The number of nitrogens with one attached hydrogen (secondary N) is 1. The van der Waals surface area contributed by atoms with Crippen molar-refractivity contribution in [3.63, 3.8) is 0 Å². The van der Waals surface area contributed by atoms with Crippen LogP contribution < -0.4 is 4.90 Å². The first-order valence-electron chi connectivity index (χ1n) is 8.52. The Kier molecular flexibility index (Phi) is 2.93. The summed E-state index contributed by atoms with van der Waals surface area (Å²) >= 11 is 0. The molecule has 25 heavy (non-hydrogen) atoms. The van der Waals surface area contributed by atoms with E-state index >= 15 is 4.39 Å². The molecule has 5 nitrogen and oxygen atoms in total. The summed E-state index contributed by atoms with van der Waals surface area (Å²) in [5.41, 5.74) is -0.852. The minimum absolute atomic E-state index is 0.115. The van der Waals surface area contributed by atoms with E-state index in [0.717, 1.165) is 30.0 Å². The third-order valence-corrected chi connectivity index (χ3v) is 6.08. The number of aromatic nitrogens is 3. The predicted molar refractivity (Wildman–Crippen MR) is 90.8 cm³/mol. The number of fused-ring (bicyclic) bond motifs is 3. The Morgan fingerprint density at radius 1 is 1.24 bits per heavy atom. The Hall–Kier alpha value is -2.28. The Morgan fingerprint density at radius 2 is 2.08 bits per heavy atom. The minimum atomic E-state index is -1.61. The number of H-pyrrole nitrogens is 1. The molecular formula is C18H18F2N4O. The Bertz CT molecular complexity index is 972. The van der Waals surface area contributed by atoms with E-state index in [1.807, 2.05) is 4.90 Å². The van der Waals surface area contributed by atoms with Crippen LogP contribution in [0.3, 0.4) is 0 Å². The van der Waals surface area contributed by atoms with Gasteiger partial charge in [0.25, 0.3) is 0 Å². The lowest BCUT2D eigenvalue weighted by atomic mass is 9.61. The van der Waals surface area contributed by atoms with Crippen LogP contribution in [-0.2, 0) is 0 Å². The standard InChI is InChI=1S/C18H18F2N4O/c19-11-2-3-12-13(6-11)23-15-14(12)16(22-10-21-15)24-7-17(4-1-5-17)18(20,8-24)9-25/h2-3,6,10,25H,1,4-5,7-9H2,(H,21,22,23). The molecule has 1 aromatic carbocycles. The summed E-state index contributed by atoms with van der Waals surface area (Å²) in [4.78, 5) is 13.7. The normalized spacial score (nSPS) is 25.2. The van der Waals surface area contributed by atoms with Gasteiger partial charge in [-0.25, -0.2) is 18.7 Å². The SMILES string of the molecule is OCC1(F)CN(c2ncnc3[nH]c4cc(F)ccc4c23)CC12CCC2. The molecule has 7 heteroatoms. The molecule has 2 aliphatic rings. The number of aliphatic hydroxyl groups excluding tert-OH is 1. The average Bonchev–Trinajstić information content (AvgIpc) is 3.09. The van der Waals surface area contributed by atoms with Gasteiger partial charge >= 0.3 is 0 Å². The maximum atomic E-state index is 15.4. The summed E-state index contributed by atoms with van der Waals surface area (Å²) in [5.74, 6) is 0.313. The van der Waals surface area contributed by atoms with Crippen molar-refractivity contribution in [1.82, 2.24) is 15.0 Å². The molecule has 2 N–H and O–H groups in total. The smallest absolute Gasteiger partial charge is 0.158 e. The first kappa shape index (κ1) is 15.0. The van der Waals surface area contributed by atoms with Crippen LogP contribution in [0.4, 0.5) is 14.6 Å². The number of hydrogen-bond donors (Lipinski definition) is 2. The lowest BCUT2D eigenvalue weighted by Gasteiger charge is -2.45. The highest BCUT2D eigenvalue weighted by Crippen LogP contribution is 2.56. The van der Waals surface area contributed by atoms with Crippen molar-refractivity contribution >= 4 is 27.8 Å². The summed E-state index contributed by atoms with van der Waals surface area (Å²) < 4.78 is 28.9. The van der Waals surface area contributed by atoms with Crippen LogP contribution in [0.25, 0.3) is 21.9 Å². The van der Waals surface area contributed by atoms with Gasteiger partial charge in [-0.15, -0.1) is 0 Å². The molecule has 5 rings (SSSR count). The number of benzene rings is 1. The molecule has 1 saturated carbocycles. The van der Waals surface area contributed by atoms with Gasteiger partial charge in [0, 0.05) is 17.3 Å². The third kappa shape index (κ3) is 1.90. The fourth-order valence-electron chi connectivity index (χ4n) is 4.53. The number of nitrogens with zero attached hydrogens (tertiary/aromatic N) is 3. The number of aromatic amines is 1. The number of aliphatic hydroxyl groups is 1. The van der Waals surface area contributed by atoms with Crippen molar-refractivity contribution in [1.29, 1.82) is 0 Å². The van der Waals surface area contributed by atoms with Gasteiger partial charge in [0.2, 0.25) is 0 Å². The van der Waals surface area contributed by atoms with Gasteiger partial charge in [-0.05, 0) is 31.0 Å². The van der Waals surface area contributed by atoms with Crippen LogP contribution in [0.1, 0.15) is 19.3 Å². The van der Waals surface area contributed by atoms with Crippen molar-refractivity contribution in [2.24, 2.45) is 5.41 Å². The number of rotatable bonds is 2. The summed E-state index contributed by atoms with van der Waals surface area (Å²) in [6, 6.07) is 4.52. The lowest BCUT2D eigenvalue weighted by Crippen LogP contribution is -2.50. The van der Waals surface area contributed by atoms with Gasteiger partial charge in [0.05, 0.1) is 24.1 Å². The molecule has 1 aliphatic carbocycles. The number of anilines is 1. The predicted octanol–water partition coefficient (Wildman–Crippen LogP) is 2.94. The van der Waals surface area contributed by atoms with Crippen molar-refractivity contribution in [2.45, 2.75) is 24.9 Å². The van der Waals surface area contributed by atoms with E-state index in [9.17, 15) is 9.50 Å². The fourth-order valence-corrected chi connectivity index (χ4v) is 4.53. The first-order valence-corrected chi connectivity index (χ1v) is 8.52. The Morgan fingerprint density at radius 3 is 2.76 bits per heavy atom. The average molecular weight is 344 g/mol. The second-order valence-corrected chi connectivity index (χ2v) is 7.35. The number of hydrogen-bond acceptors (Lipinski definition) is 4. The van der Waals surface area contributed by atoms with Gasteiger partial charge < -0.3 is 15.0 Å². The van der Waals surface area contributed by atoms with Crippen molar-refractivity contribution < 1.29 is 13.9 Å². The number of alkyl halides is 1. The molecule has 1 atom stereocenters. The molecule has 2 aromatic heterocycles. The van der Waals surface area contributed by atoms with Crippen LogP contribution in [0.5, 0.6) is 0 Å². The van der Waals surface area contributed by atoms with Crippen LogP contribution in [0.15, 0.2) is 24.5 Å². The molecule has 0 amide bonds. The molecular weight excluding hydrogens is 326 g/mol. The molecule has 1 aliphatic heterocycles. The molecule has 1 saturated heterocycles. The van der Waals surface area contributed by atoms with Crippen molar-refractivity contribution in [3.8, 4) is 0 Å². The summed E-state index contributed by atoms with van der Waals surface area (Å²) in [6.45, 7) is 0.171. The fraction of sp³-hybridized carbons (Fsp3) is 0.444. The van der Waals surface area contributed by atoms with Gasteiger partial charge in [0.1, 0.15) is 23.6 Å². The molecule has 3 heterocycles. The Balaban J connectivity index is 1.67. The van der Waals surface area contributed by atoms with E-state index in [2.05, 4.69) is 15.0 Å². The van der Waals surface area contributed by atoms with E-state index < -0.39 is 17.7 Å². The van der Waals surface area contributed by atoms with Crippen LogP contribution in [-0.4, -0.2) is 45.4 Å². The zero-order chi connectivity index (χ0) is 17.2. The highest BCUT2D eigenvalue weighted by molar-refractivity contribution is 6.11. The monoisotopic (exact) mass is 344 g/mol. The molecule has 2 fully saturated rings. The van der Waals surface area contributed by atoms with E-state index in [0.29, 0.717) is 23.5 Å². The highest BCUT2D eigenvalue weighted by Gasteiger charge is 2.61. The zero-order valence-electron chi connectivity index (χ0n) is 13.6. The first-order chi connectivity index (χ1) is 12.1. The molecule has 1 spiro atoms. The molecule has 0 bridgehead atoms. The van der Waals surface area contributed by atoms with Crippen molar-refractivity contribution in [3.05, 3.63) is 30.3 Å². The van der Waals surface area contributed by atoms with E-state index in [4.69, 9.17) is 0 Å². The van der Waals surface area contributed by atoms with Gasteiger partial charge in [0.15, 0.2) is 5.67 Å². The third-order valence-electron chi connectivity index (χ3n) is 6.08. The van der Waals surface area contributed by atoms with Gasteiger partial charge in [-0.1, -0.05) is 6.42 Å². The van der Waals surface area contributed by atoms with Crippen LogP contribution >= 0.6 is 0 Å². The number of halogens is 2. The highest BCUT2D eigenvalue weighted by atomic mass is 19.1. The molecule has 130 valence electrons. The summed E-state index contributed by atoms with van der Waals surface area (Å²) in [5, 5.41) is 11.3. The van der Waals surface area contributed by atoms with E-state index in [1.54, 1.807) is 6.07 Å². The zero-order valence-corrected chi connectivity index (χ0v) is 13.6. The maximum Gasteiger partial charge on any atom is 0.158 e. The van der Waals surface area contributed by atoms with E-state index in [-0.39, 0.29) is 12.4 Å². The van der Waals surface area contributed by atoms with E-state index in [1.165, 1.54) is 18.5 Å². The largest absolute Gasteiger partial charge is 0.393 e. The molecule has 1 unspecified atom stereocenters. The molecule has 0 radical (unpaired) electrons. The van der Waals surface area contributed by atoms with Crippen molar-refractivity contribution in [2.75, 3.05) is 24.6 Å². The molecule has 3 aromatic rings. The lowest BCUT2D eigenvalue weighted by molar-refractivity contribution is -0.0588. The minimum Gasteiger partial charge on any atom is -0.393 e. The van der Waals surface area contributed by atoms with Crippen LogP contribution in [0, 0.1) is 11.2 Å². The summed E-state index contributed by atoms with van der Waals surface area (Å²) in [6.07, 6.45) is 4.00. The second-order valence-electron chi connectivity index (χ2n) is 7.35. The van der Waals surface area contributed by atoms with Gasteiger partial charge in [-0.3, -0.25) is 0 Å². The summed E-state index contributed by atoms with van der Waals surface area (Å²) in [7, 11) is 0. The topological polar surface area (TPSA) is 65.0 Å².